The van der Waals surface area contributed by atoms with E-state index in [0.29, 0.717) is 6.04 Å². The van der Waals surface area contributed by atoms with E-state index in [0.717, 1.165) is 68.6 Å². The maximum absolute atomic E-state index is 13.3. The van der Waals surface area contributed by atoms with Crippen LogP contribution in [0.1, 0.15) is 29.6 Å². The number of amides is 1. The highest BCUT2D eigenvalue weighted by Crippen LogP contribution is 2.24. The van der Waals surface area contributed by atoms with Crippen molar-refractivity contribution in [2.24, 2.45) is 0 Å². The van der Waals surface area contributed by atoms with Gasteiger partial charge in [-0.2, -0.15) is 0 Å². The van der Waals surface area contributed by atoms with E-state index >= 15 is 0 Å². The second kappa shape index (κ2) is 7.50. The number of hydrogen-bond acceptors (Lipinski definition) is 4. The Morgan fingerprint density at radius 3 is 2.92 bits per heavy atom. The summed E-state index contributed by atoms with van der Waals surface area (Å²) in [6.07, 6.45) is 6.99. The molecule has 0 spiro atoms. The quantitative estimate of drug-likeness (QED) is 0.862. The van der Waals surface area contributed by atoms with Gasteiger partial charge in [0, 0.05) is 55.6 Å². The van der Waals surface area contributed by atoms with Gasteiger partial charge >= 0.3 is 0 Å². The fraction of sp³-hybridized carbons (Fsp3) is 0.500. The fourth-order valence-electron chi connectivity index (χ4n) is 4.00. The van der Waals surface area contributed by atoms with E-state index < -0.39 is 0 Å². The third-order valence-electron chi connectivity index (χ3n) is 5.37. The number of morpholine rings is 1. The number of pyridine rings is 1. The Morgan fingerprint density at radius 2 is 2.04 bits per heavy atom. The Morgan fingerprint density at radius 1 is 1.16 bits per heavy atom. The van der Waals surface area contributed by atoms with E-state index in [2.05, 4.69) is 14.8 Å². The molecule has 0 unspecified atom stereocenters. The first-order valence-corrected chi connectivity index (χ1v) is 9.27. The minimum Gasteiger partial charge on any atom is -0.379 e. The molecule has 25 heavy (non-hydrogen) atoms. The van der Waals surface area contributed by atoms with Crippen LogP contribution in [-0.4, -0.2) is 66.1 Å². The van der Waals surface area contributed by atoms with Crippen LogP contribution in [0, 0.1) is 0 Å². The molecule has 0 bridgehead atoms. The molecule has 0 radical (unpaired) electrons. The second-order valence-corrected chi connectivity index (χ2v) is 6.96. The first kappa shape index (κ1) is 16.5. The van der Waals surface area contributed by atoms with E-state index in [-0.39, 0.29) is 5.91 Å². The van der Waals surface area contributed by atoms with Crippen molar-refractivity contribution >= 4 is 16.7 Å². The third-order valence-corrected chi connectivity index (χ3v) is 5.37. The number of fused-ring (bicyclic) bond motifs is 1. The number of carbonyl (C=O) groups is 1. The lowest BCUT2D eigenvalue weighted by Gasteiger charge is -2.39. The topological polar surface area (TPSA) is 45.7 Å². The van der Waals surface area contributed by atoms with Crippen LogP contribution in [0.3, 0.4) is 0 Å². The van der Waals surface area contributed by atoms with Crippen molar-refractivity contribution in [2.45, 2.75) is 25.3 Å². The summed E-state index contributed by atoms with van der Waals surface area (Å²) in [7, 11) is 0. The van der Waals surface area contributed by atoms with Gasteiger partial charge in [-0.15, -0.1) is 0 Å². The van der Waals surface area contributed by atoms with Crippen LogP contribution in [0.15, 0.2) is 36.7 Å². The lowest BCUT2D eigenvalue weighted by Crippen LogP contribution is -2.51. The Bertz CT molecular complexity index is 737. The predicted molar refractivity (Wildman–Crippen MR) is 97.7 cm³/mol. The molecule has 0 N–H and O–H groups in total. The van der Waals surface area contributed by atoms with Crippen LogP contribution in [0.4, 0.5) is 0 Å². The zero-order valence-electron chi connectivity index (χ0n) is 14.6. The number of carbonyl (C=O) groups excluding carboxylic acids is 1. The molecule has 5 heteroatoms. The summed E-state index contributed by atoms with van der Waals surface area (Å²) in [5.74, 6) is 0.162. The summed E-state index contributed by atoms with van der Waals surface area (Å²) in [4.78, 5) is 22.0. The maximum atomic E-state index is 13.3. The molecule has 3 heterocycles. The highest BCUT2D eigenvalue weighted by atomic mass is 16.5. The number of hydrogen-bond donors (Lipinski definition) is 0. The van der Waals surface area contributed by atoms with Gasteiger partial charge in [0.05, 0.1) is 13.2 Å². The zero-order chi connectivity index (χ0) is 17.1. The standard InChI is InChI=1S/C20H25N3O2/c24-20(19-6-3-4-16-14-21-8-7-18(16)19)23-9-2-1-5-17(23)15-22-10-12-25-13-11-22/h3-4,6-8,14,17H,1-2,5,9-13,15H2/t17-/m0/s1. The van der Waals surface area contributed by atoms with Crippen molar-refractivity contribution in [1.29, 1.82) is 0 Å². The third kappa shape index (κ3) is 3.53. The molecule has 1 aromatic carbocycles. The highest BCUT2D eigenvalue weighted by molar-refractivity contribution is 6.06. The molecule has 2 aliphatic rings. The summed E-state index contributed by atoms with van der Waals surface area (Å²) in [5.41, 5.74) is 0.800. The molecule has 2 fully saturated rings. The van der Waals surface area contributed by atoms with Crippen molar-refractivity contribution < 1.29 is 9.53 Å². The number of piperidine rings is 1. The summed E-state index contributed by atoms with van der Waals surface area (Å²) < 4.78 is 5.45. The number of aromatic nitrogens is 1. The lowest BCUT2D eigenvalue weighted by atomic mass is 9.98. The molecule has 1 atom stereocenters. The smallest absolute Gasteiger partial charge is 0.254 e. The molecule has 5 nitrogen and oxygen atoms in total. The second-order valence-electron chi connectivity index (χ2n) is 6.96. The van der Waals surface area contributed by atoms with Crippen LogP contribution in [-0.2, 0) is 4.74 Å². The van der Waals surface area contributed by atoms with Gasteiger partial charge in [-0.1, -0.05) is 12.1 Å². The van der Waals surface area contributed by atoms with Gasteiger partial charge in [0.2, 0.25) is 0 Å². The number of benzene rings is 1. The average Bonchev–Trinajstić information content (AvgIpc) is 2.68. The Labute approximate surface area is 148 Å². The Hall–Kier alpha value is -1.98. The molecule has 4 rings (SSSR count). The molecule has 1 aromatic heterocycles. The molecule has 0 saturated carbocycles. The van der Waals surface area contributed by atoms with Gasteiger partial charge in [0.1, 0.15) is 0 Å². The largest absolute Gasteiger partial charge is 0.379 e. The molecule has 1 amide bonds. The van der Waals surface area contributed by atoms with Crippen molar-refractivity contribution in [3.05, 3.63) is 42.2 Å². The average molecular weight is 339 g/mol. The summed E-state index contributed by atoms with van der Waals surface area (Å²) in [6.45, 7) is 5.36. The summed E-state index contributed by atoms with van der Waals surface area (Å²) in [5, 5.41) is 2.02. The maximum Gasteiger partial charge on any atom is 0.254 e. The van der Waals surface area contributed by atoms with Crippen molar-refractivity contribution in [2.75, 3.05) is 39.4 Å². The molecule has 2 aromatic rings. The van der Waals surface area contributed by atoms with Crippen LogP contribution in [0.2, 0.25) is 0 Å². The number of nitrogens with zero attached hydrogens (tertiary/aromatic N) is 3. The normalized spacial score (nSPS) is 22.2. The van der Waals surface area contributed by atoms with Gasteiger partial charge in [-0.05, 0) is 36.8 Å². The number of ether oxygens (including phenoxy) is 1. The van der Waals surface area contributed by atoms with Crippen LogP contribution in [0.25, 0.3) is 10.8 Å². The molecule has 0 aliphatic carbocycles. The fourth-order valence-corrected chi connectivity index (χ4v) is 4.00. The molecule has 2 aliphatic heterocycles. The van der Waals surface area contributed by atoms with Gasteiger partial charge < -0.3 is 9.64 Å². The number of rotatable bonds is 3. The summed E-state index contributed by atoms with van der Waals surface area (Å²) in [6, 6.07) is 8.17. The van der Waals surface area contributed by atoms with E-state index in [1.54, 1.807) is 6.20 Å². The highest BCUT2D eigenvalue weighted by Gasteiger charge is 2.30. The van der Waals surface area contributed by atoms with E-state index in [1.807, 2.05) is 30.5 Å². The lowest BCUT2D eigenvalue weighted by molar-refractivity contribution is 0.0166. The van der Waals surface area contributed by atoms with E-state index in [1.165, 1.54) is 6.42 Å². The minimum atomic E-state index is 0.162. The monoisotopic (exact) mass is 339 g/mol. The zero-order valence-corrected chi connectivity index (χ0v) is 14.6. The SMILES string of the molecule is O=C(c1cccc2cnccc12)N1CCCC[C@H]1CN1CCOCC1. The van der Waals surface area contributed by atoms with Crippen LogP contribution < -0.4 is 0 Å². The minimum absolute atomic E-state index is 0.162. The van der Waals surface area contributed by atoms with E-state index in [4.69, 9.17) is 4.74 Å². The van der Waals surface area contributed by atoms with Crippen LogP contribution in [0.5, 0.6) is 0 Å². The van der Waals surface area contributed by atoms with Gasteiger partial charge in [0.25, 0.3) is 5.91 Å². The first-order valence-electron chi connectivity index (χ1n) is 9.27. The molecular formula is C20H25N3O2. The van der Waals surface area contributed by atoms with Crippen molar-refractivity contribution in [1.82, 2.24) is 14.8 Å². The van der Waals surface area contributed by atoms with Gasteiger partial charge in [0.15, 0.2) is 0 Å². The molecular weight excluding hydrogens is 314 g/mol. The van der Waals surface area contributed by atoms with Crippen molar-refractivity contribution in [3.63, 3.8) is 0 Å². The number of likely N-dealkylation sites (tertiary alicyclic amines) is 1. The first-order chi connectivity index (χ1) is 12.3. The van der Waals surface area contributed by atoms with Gasteiger partial charge in [-0.25, -0.2) is 0 Å². The van der Waals surface area contributed by atoms with Crippen LogP contribution >= 0.6 is 0 Å². The van der Waals surface area contributed by atoms with Gasteiger partial charge in [-0.3, -0.25) is 14.7 Å². The summed E-state index contributed by atoms with van der Waals surface area (Å²) >= 11 is 0. The molecule has 2 saturated heterocycles. The predicted octanol–water partition coefficient (Wildman–Crippen LogP) is 2.56. The Balaban J connectivity index is 1.57. The van der Waals surface area contributed by atoms with E-state index in [9.17, 15) is 4.79 Å². The Kier molecular flexibility index (Phi) is 4.95. The van der Waals surface area contributed by atoms with Crippen molar-refractivity contribution in [3.8, 4) is 0 Å². The molecule has 132 valence electrons.